The Hall–Kier alpha value is -0.660. The van der Waals surface area contributed by atoms with Crippen LogP contribution in [0.3, 0.4) is 0 Å². The first kappa shape index (κ1) is 11.4. The van der Waals surface area contributed by atoms with Crippen molar-refractivity contribution in [1.82, 2.24) is 0 Å². The SMILES string of the molecule is C=C(F)C(=O)C1CCC(C(C)C)CC1. The van der Waals surface area contributed by atoms with Crippen LogP contribution in [0.4, 0.5) is 4.39 Å². The summed E-state index contributed by atoms with van der Waals surface area (Å²) in [5.74, 6) is 0.166. The van der Waals surface area contributed by atoms with Crippen molar-refractivity contribution in [2.45, 2.75) is 39.5 Å². The molecule has 1 aliphatic rings. The first-order valence-electron chi connectivity index (χ1n) is 5.41. The molecule has 0 amide bonds. The van der Waals surface area contributed by atoms with E-state index in [1.807, 2.05) is 0 Å². The number of carbonyl (C=O) groups is 1. The summed E-state index contributed by atoms with van der Waals surface area (Å²) in [5.41, 5.74) is 0. The third-order valence-corrected chi connectivity index (χ3v) is 3.35. The Morgan fingerprint density at radius 1 is 1.29 bits per heavy atom. The molecule has 1 fully saturated rings. The van der Waals surface area contributed by atoms with E-state index in [-0.39, 0.29) is 11.7 Å². The van der Waals surface area contributed by atoms with Crippen LogP contribution in [-0.4, -0.2) is 5.78 Å². The van der Waals surface area contributed by atoms with Crippen LogP contribution >= 0.6 is 0 Å². The maximum atomic E-state index is 12.6. The molecule has 0 aromatic rings. The van der Waals surface area contributed by atoms with Crippen molar-refractivity contribution in [2.24, 2.45) is 17.8 Å². The molecule has 0 unspecified atom stereocenters. The van der Waals surface area contributed by atoms with Crippen LogP contribution in [0.1, 0.15) is 39.5 Å². The minimum Gasteiger partial charge on any atom is -0.291 e. The van der Waals surface area contributed by atoms with Crippen LogP contribution in [0.2, 0.25) is 0 Å². The van der Waals surface area contributed by atoms with Crippen molar-refractivity contribution in [3.05, 3.63) is 12.4 Å². The molecule has 0 atom stereocenters. The number of hydrogen-bond acceptors (Lipinski definition) is 1. The van der Waals surface area contributed by atoms with E-state index in [1.54, 1.807) is 0 Å². The smallest absolute Gasteiger partial charge is 0.193 e. The van der Waals surface area contributed by atoms with Gasteiger partial charge < -0.3 is 0 Å². The van der Waals surface area contributed by atoms with Gasteiger partial charge in [0.05, 0.1) is 0 Å². The number of ketones is 1. The zero-order chi connectivity index (χ0) is 10.7. The Balaban J connectivity index is 2.43. The van der Waals surface area contributed by atoms with Gasteiger partial charge in [-0.1, -0.05) is 20.4 Å². The summed E-state index contributed by atoms with van der Waals surface area (Å²) in [4.78, 5) is 11.3. The van der Waals surface area contributed by atoms with Gasteiger partial charge in [0.2, 0.25) is 0 Å². The van der Waals surface area contributed by atoms with Crippen molar-refractivity contribution >= 4 is 5.78 Å². The van der Waals surface area contributed by atoms with E-state index in [2.05, 4.69) is 20.4 Å². The van der Waals surface area contributed by atoms with Gasteiger partial charge in [-0.25, -0.2) is 4.39 Å². The summed E-state index contributed by atoms with van der Waals surface area (Å²) in [5, 5.41) is 0. The number of rotatable bonds is 3. The lowest BCUT2D eigenvalue weighted by Gasteiger charge is -2.29. The first-order chi connectivity index (χ1) is 6.52. The average molecular weight is 198 g/mol. The van der Waals surface area contributed by atoms with Gasteiger partial charge in [0.15, 0.2) is 11.6 Å². The Labute approximate surface area is 85.4 Å². The predicted molar refractivity (Wildman–Crippen MR) is 55.5 cm³/mol. The van der Waals surface area contributed by atoms with Crippen molar-refractivity contribution in [3.8, 4) is 0 Å². The molecule has 80 valence electrons. The molecule has 2 heteroatoms. The molecule has 1 nitrogen and oxygen atoms in total. The second-order valence-electron chi connectivity index (χ2n) is 4.62. The number of carbonyl (C=O) groups excluding carboxylic acids is 1. The molecule has 0 aromatic heterocycles. The molecule has 0 saturated heterocycles. The number of halogens is 1. The van der Waals surface area contributed by atoms with E-state index in [0.717, 1.165) is 25.7 Å². The van der Waals surface area contributed by atoms with Gasteiger partial charge in [-0.2, -0.15) is 0 Å². The Kier molecular flexibility index (Phi) is 3.85. The summed E-state index contributed by atoms with van der Waals surface area (Å²) in [6.45, 7) is 7.49. The fourth-order valence-corrected chi connectivity index (χ4v) is 2.27. The van der Waals surface area contributed by atoms with Gasteiger partial charge in [0.1, 0.15) is 0 Å². The molecule has 0 aromatic carbocycles. The van der Waals surface area contributed by atoms with Crippen LogP contribution in [0.15, 0.2) is 12.4 Å². The van der Waals surface area contributed by atoms with Crippen molar-refractivity contribution in [1.29, 1.82) is 0 Å². The third-order valence-electron chi connectivity index (χ3n) is 3.35. The number of hydrogen-bond donors (Lipinski definition) is 0. The molecule has 1 saturated carbocycles. The monoisotopic (exact) mass is 198 g/mol. The van der Waals surface area contributed by atoms with Gasteiger partial charge in [-0.05, 0) is 37.5 Å². The van der Waals surface area contributed by atoms with Crippen molar-refractivity contribution in [3.63, 3.8) is 0 Å². The molecule has 0 N–H and O–H groups in total. The largest absolute Gasteiger partial charge is 0.291 e. The highest BCUT2D eigenvalue weighted by Crippen LogP contribution is 2.34. The molecule has 1 aliphatic carbocycles. The molecule has 0 radical (unpaired) electrons. The van der Waals surface area contributed by atoms with Crippen LogP contribution in [0.5, 0.6) is 0 Å². The van der Waals surface area contributed by atoms with Crippen LogP contribution in [0, 0.1) is 17.8 Å². The number of Topliss-reactive ketones (excluding diaryl/α,β-unsaturated/α-hetero) is 1. The van der Waals surface area contributed by atoms with E-state index in [4.69, 9.17) is 0 Å². The topological polar surface area (TPSA) is 17.1 Å². The lowest BCUT2D eigenvalue weighted by Crippen LogP contribution is -2.24. The quantitative estimate of drug-likeness (QED) is 0.634. The summed E-state index contributed by atoms with van der Waals surface area (Å²) in [6.07, 6.45) is 3.79. The van der Waals surface area contributed by atoms with Gasteiger partial charge >= 0.3 is 0 Å². The normalized spacial score (nSPS) is 27.7. The second kappa shape index (κ2) is 4.72. The maximum Gasteiger partial charge on any atom is 0.193 e. The minimum absolute atomic E-state index is 0.0949. The van der Waals surface area contributed by atoms with Crippen LogP contribution < -0.4 is 0 Å². The molecule has 0 heterocycles. The van der Waals surface area contributed by atoms with Gasteiger partial charge in [0, 0.05) is 5.92 Å². The number of allylic oxidation sites excluding steroid dienone is 1. The van der Waals surface area contributed by atoms with E-state index in [1.165, 1.54) is 0 Å². The highest BCUT2D eigenvalue weighted by atomic mass is 19.1. The maximum absolute atomic E-state index is 12.6. The standard InChI is InChI=1S/C12H19FO/c1-8(2)10-4-6-11(7-5-10)12(14)9(3)13/h8,10-11H,3-7H2,1-2H3. The Morgan fingerprint density at radius 3 is 2.14 bits per heavy atom. The highest BCUT2D eigenvalue weighted by molar-refractivity contribution is 5.94. The van der Waals surface area contributed by atoms with E-state index >= 15 is 0 Å². The van der Waals surface area contributed by atoms with E-state index in [0.29, 0.717) is 11.8 Å². The minimum atomic E-state index is -0.766. The fraction of sp³-hybridized carbons (Fsp3) is 0.750. The molecular weight excluding hydrogens is 179 g/mol. The summed E-state index contributed by atoms with van der Waals surface area (Å²) in [7, 11) is 0. The van der Waals surface area contributed by atoms with Gasteiger partial charge in [-0.3, -0.25) is 4.79 Å². The summed E-state index contributed by atoms with van der Waals surface area (Å²) in [6, 6.07) is 0. The molecule has 0 aliphatic heterocycles. The Morgan fingerprint density at radius 2 is 1.79 bits per heavy atom. The van der Waals surface area contributed by atoms with Crippen LogP contribution in [0.25, 0.3) is 0 Å². The van der Waals surface area contributed by atoms with Gasteiger partial charge in [0.25, 0.3) is 0 Å². The second-order valence-corrected chi connectivity index (χ2v) is 4.62. The fourth-order valence-electron chi connectivity index (χ4n) is 2.27. The van der Waals surface area contributed by atoms with Crippen LogP contribution in [-0.2, 0) is 4.79 Å². The Bertz CT molecular complexity index is 224. The van der Waals surface area contributed by atoms with Crippen molar-refractivity contribution in [2.75, 3.05) is 0 Å². The summed E-state index contributed by atoms with van der Waals surface area (Å²) < 4.78 is 12.6. The van der Waals surface area contributed by atoms with E-state index < -0.39 is 5.83 Å². The first-order valence-corrected chi connectivity index (χ1v) is 5.41. The lowest BCUT2D eigenvalue weighted by atomic mass is 9.75. The lowest BCUT2D eigenvalue weighted by molar-refractivity contribution is -0.121. The molecular formula is C12H19FO. The molecule has 0 bridgehead atoms. The average Bonchev–Trinajstić information content (AvgIpc) is 2.16. The van der Waals surface area contributed by atoms with E-state index in [9.17, 15) is 9.18 Å². The summed E-state index contributed by atoms with van der Waals surface area (Å²) >= 11 is 0. The zero-order valence-corrected chi connectivity index (χ0v) is 9.05. The highest BCUT2D eigenvalue weighted by Gasteiger charge is 2.28. The molecule has 14 heavy (non-hydrogen) atoms. The van der Waals surface area contributed by atoms with Crippen molar-refractivity contribution < 1.29 is 9.18 Å². The van der Waals surface area contributed by atoms with Gasteiger partial charge in [-0.15, -0.1) is 0 Å². The zero-order valence-electron chi connectivity index (χ0n) is 9.05. The predicted octanol–water partition coefficient (Wildman–Crippen LogP) is 3.50. The molecule has 1 rings (SSSR count). The third kappa shape index (κ3) is 2.66. The molecule has 0 spiro atoms.